The molecular formula is C5H6BrF3. The van der Waals surface area contributed by atoms with Crippen molar-refractivity contribution in [1.82, 2.24) is 0 Å². The number of hydrogen-bond donors (Lipinski definition) is 0. The zero-order valence-corrected chi connectivity index (χ0v) is 6.17. The molecule has 0 bridgehead atoms. The molecule has 1 aliphatic rings. The molecule has 0 saturated heterocycles. The van der Waals surface area contributed by atoms with Crippen molar-refractivity contribution in [2.75, 3.05) is 5.33 Å². The standard InChI is InChI=1S/C5H6BrF3/c6-2-3-1-4(3)5(7,8)9/h3-4H,1-2H2/t3-,4-/m1/s1. The van der Waals surface area contributed by atoms with Crippen LogP contribution in [0.4, 0.5) is 13.2 Å². The summed E-state index contributed by atoms with van der Waals surface area (Å²) in [5.41, 5.74) is 0. The molecule has 9 heavy (non-hydrogen) atoms. The topological polar surface area (TPSA) is 0 Å². The molecule has 1 rings (SSSR count). The highest BCUT2D eigenvalue weighted by Crippen LogP contribution is 2.50. The lowest BCUT2D eigenvalue weighted by Gasteiger charge is -2.02. The molecule has 0 nitrogen and oxygen atoms in total. The molecule has 0 amide bonds. The molecule has 0 radical (unpaired) electrons. The Labute approximate surface area is 59.6 Å². The minimum Gasteiger partial charge on any atom is -0.171 e. The molecular weight excluding hydrogens is 197 g/mol. The van der Waals surface area contributed by atoms with Gasteiger partial charge >= 0.3 is 6.18 Å². The normalized spacial score (nSPS) is 34.7. The molecule has 2 atom stereocenters. The van der Waals surface area contributed by atoms with Crippen molar-refractivity contribution < 1.29 is 13.2 Å². The van der Waals surface area contributed by atoms with Gasteiger partial charge in [-0.2, -0.15) is 13.2 Å². The highest BCUT2D eigenvalue weighted by atomic mass is 79.9. The van der Waals surface area contributed by atoms with Crippen molar-refractivity contribution in [2.45, 2.75) is 12.6 Å². The monoisotopic (exact) mass is 202 g/mol. The highest BCUT2D eigenvalue weighted by Gasteiger charge is 2.54. The lowest BCUT2D eigenvalue weighted by Crippen LogP contribution is -2.11. The van der Waals surface area contributed by atoms with Gasteiger partial charge in [0.25, 0.3) is 0 Å². The molecule has 0 spiro atoms. The number of hydrogen-bond acceptors (Lipinski definition) is 0. The van der Waals surface area contributed by atoms with Crippen molar-refractivity contribution in [1.29, 1.82) is 0 Å². The van der Waals surface area contributed by atoms with Gasteiger partial charge in [-0.25, -0.2) is 0 Å². The number of alkyl halides is 4. The molecule has 0 aromatic heterocycles. The van der Waals surface area contributed by atoms with E-state index in [1.165, 1.54) is 0 Å². The molecule has 1 aliphatic carbocycles. The minimum absolute atomic E-state index is 0.148. The molecule has 0 aromatic rings. The van der Waals surface area contributed by atoms with Crippen LogP contribution in [0.5, 0.6) is 0 Å². The first-order valence-electron chi connectivity index (χ1n) is 2.68. The van der Waals surface area contributed by atoms with Crippen LogP contribution in [0.25, 0.3) is 0 Å². The summed E-state index contributed by atoms with van der Waals surface area (Å²) in [5, 5.41) is 0.483. The summed E-state index contributed by atoms with van der Waals surface area (Å²) in [7, 11) is 0. The van der Waals surface area contributed by atoms with Crippen molar-refractivity contribution in [3.05, 3.63) is 0 Å². The van der Waals surface area contributed by atoms with E-state index >= 15 is 0 Å². The van der Waals surface area contributed by atoms with E-state index in [1.807, 2.05) is 0 Å². The minimum atomic E-state index is -3.95. The number of rotatable bonds is 1. The summed E-state index contributed by atoms with van der Waals surface area (Å²) < 4.78 is 35.0. The van der Waals surface area contributed by atoms with Gasteiger partial charge in [-0.05, 0) is 12.3 Å². The van der Waals surface area contributed by atoms with E-state index < -0.39 is 12.1 Å². The summed E-state index contributed by atoms with van der Waals surface area (Å²) in [5.74, 6) is -1.16. The van der Waals surface area contributed by atoms with Gasteiger partial charge in [-0.15, -0.1) is 0 Å². The second kappa shape index (κ2) is 2.15. The maximum absolute atomic E-state index is 11.7. The summed E-state index contributed by atoms with van der Waals surface area (Å²) in [6.45, 7) is 0. The number of halogens is 4. The summed E-state index contributed by atoms with van der Waals surface area (Å²) in [6, 6.07) is 0. The molecule has 0 aliphatic heterocycles. The summed E-state index contributed by atoms with van der Waals surface area (Å²) in [6.07, 6.45) is -3.63. The molecule has 4 heteroatoms. The molecule has 0 aromatic carbocycles. The van der Waals surface area contributed by atoms with E-state index in [4.69, 9.17) is 0 Å². The van der Waals surface area contributed by atoms with Crippen LogP contribution in [-0.2, 0) is 0 Å². The van der Waals surface area contributed by atoms with Gasteiger partial charge in [0.15, 0.2) is 0 Å². The van der Waals surface area contributed by atoms with Gasteiger partial charge in [0, 0.05) is 5.33 Å². The van der Waals surface area contributed by atoms with Crippen LogP contribution in [0.2, 0.25) is 0 Å². The van der Waals surface area contributed by atoms with Crippen molar-refractivity contribution in [3.8, 4) is 0 Å². The van der Waals surface area contributed by atoms with E-state index in [-0.39, 0.29) is 5.92 Å². The van der Waals surface area contributed by atoms with E-state index in [0.717, 1.165) is 0 Å². The largest absolute Gasteiger partial charge is 0.392 e. The lowest BCUT2D eigenvalue weighted by atomic mass is 10.3. The van der Waals surface area contributed by atoms with Crippen molar-refractivity contribution in [3.63, 3.8) is 0 Å². The van der Waals surface area contributed by atoms with Gasteiger partial charge in [0.1, 0.15) is 0 Å². The fourth-order valence-corrected chi connectivity index (χ4v) is 1.53. The van der Waals surface area contributed by atoms with E-state index in [1.54, 1.807) is 0 Å². The average molecular weight is 203 g/mol. The molecule has 0 N–H and O–H groups in total. The third-order valence-electron chi connectivity index (χ3n) is 1.54. The smallest absolute Gasteiger partial charge is 0.171 e. The third kappa shape index (κ3) is 1.60. The molecule has 54 valence electrons. The van der Waals surface area contributed by atoms with Gasteiger partial charge in [0.2, 0.25) is 0 Å². The van der Waals surface area contributed by atoms with E-state index in [2.05, 4.69) is 15.9 Å². The highest BCUT2D eigenvalue weighted by molar-refractivity contribution is 9.09. The Bertz CT molecular complexity index is 109. The Morgan fingerprint density at radius 3 is 2.11 bits per heavy atom. The lowest BCUT2D eigenvalue weighted by molar-refractivity contribution is -0.150. The van der Waals surface area contributed by atoms with Crippen LogP contribution >= 0.6 is 15.9 Å². The van der Waals surface area contributed by atoms with Crippen LogP contribution in [0, 0.1) is 11.8 Å². The first kappa shape index (κ1) is 7.38. The van der Waals surface area contributed by atoms with Crippen molar-refractivity contribution >= 4 is 15.9 Å². The SMILES string of the molecule is FC(F)(F)[C@@H]1C[C@@H]1CBr. The first-order valence-corrected chi connectivity index (χ1v) is 3.80. The van der Waals surface area contributed by atoms with E-state index in [9.17, 15) is 13.2 Å². The Balaban J connectivity index is 2.33. The van der Waals surface area contributed by atoms with Crippen LogP contribution in [0.1, 0.15) is 6.42 Å². The predicted molar refractivity (Wildman–Crippen MR) is 31.4 cm³/mol. The fourth-order valence-electron chi connectivity index (χ4n) is 0.819. The second-order valence-corrected chi connectivity index (χ2v) is 2.95. The average Bonchev–Trinajstić information content (AvgIpc) is 2.39. The van der Waals surface area contributed by atoms with Gasteiger partial charge in [-0.1, -0.05) is 15.9 Å². The fraction of sp³-hybridized carbons (Fsp3) is 1.00. The van der Waals surface area contributed by atoms with Crippen LogP contribution in [0.15, 0.2) is 0 Å². The molecule has 0 heterocycles. The zero-order valence-electron chi connectivity index (χ0n) is 4.58. The maximum Gasteiger partial charge on any atom is 0.392 e. The quantitative estimate of drug-likeness (QED) is 0.574. The predicted octanol–water partition coefficient (Wildman–Crippen LogP) is 2.58. The van der Waals surface area contributed by atoms with Crippen molar-refractivity contribution in [2.24, 2.45) is 11.8 Å². The van der Waals surface area contributed by atoms with Gasteiger partial charge in [-0.3, -0.25) is 0 Å². The van der Waals surface area contributed by atoms with Gasteiger partial charge in [0.05, 0.1) is 5.92 Å². The van der Waals surface area contributed by atoms with Crippen LogP contribution in [0.3, 0.4) is 0 Å². The summed E-state index contributed by atoms with van der Waals surface area (Å²) >= 11 is 3.01. The molecule has 1 fully saturated rings. The Hall–Kier alpha value is 0.270. The van der Waals surface area contributed by atoms with Gasteiger partial charge < -0.3 is 0 Å². The maximum atomic E-state index is 11.7. The molecule has 0 unspecified atom stereocenters. The third-order valence-corrected chi connectivity index (χ3v) is 2.37. The second-order valence-electron chi connectivity index (χ2n) is 2.30. The Kier molecular flexibility index (Phi) is 1.76. The summed E-state index contributed by atoms with van der Waals surface area (Å²) in [4.78, 5) is 0. The van der Waals surface area contributed by atoms with E-state index in [0.29, 0.717) is 11.8 Å². The van der Waals surface area contributed by atoms with Crippen LogP contribution < -0.4 is 0 Å². The molecule has 1 saturated carbocycles. The van der Waals surface area contributed by atoms with Crippen LogP contribution in [-0.4, -0.2) is 11.5 Å². The Morgan fingerprint density at radius 2 is 2.00 bits per heavy atom. The zero-order chi connectivity index (χ0) is 7.07. The Morgan fingerprint density at radius 1 is 1.44 bits per heavy atom. The first-order chi connectivity index (χ1) is 4.05.